The minimum absolute atomic E-state index is 0.620. The minimum atomic E-state index is -0.633. The van der Waals surface area contributed by atoms with Crippen molar-refractivity contribution in [3.63, 3.8) is 0 Å². The molecule has 0 aromatic heterocycles. The van der Waals surface area contributed by atoms with E-state index in [1.807, 2.05) is 0 Å². The van der Waals surface area contributed by atoms with E-state index in [9.17, 15) is 5.11 Å². The van der Waals surface area contributed by atoms with E-state index in [0.29, 0.717) is 0 Å². The molecule has 1 unspecified atom stereocenters. The summed E-state index contributed by atoms with van der Waals surface area (Å²) >= 11 is 9.88. The number of unbranched alkanes of at least 4 members (excludes halogenated alkanes) is 9. The number of alkyl halides is 3. The highest BCUT2D eigenvalue weighted by Crippen LogP contribution is 2.35. The Labute approximate surface area is 143 Å². The first-order chi connectivity index (χ1) is 8.98. The Balaban J connectivity index is 3.15. The van der Waals surface area contributed by atoms with Crippen LogP contribution in [0, 0.1) is 0 Å². The highest BCUT2D eigenvalue weighted by molar-refractivity contribution is 9.39. The molecule has 116 valence electrons. The summed E-state index contributed by atoms with van der Waals surface area (Å²) < 4.78 is -0.620. The molecule has 5 heteroatoms. The van der Waals surface area contributed by atoms with Crippen molar-refractivity contribution in [2.24, 2.45) is 0 Å². The third-order valence-corrected chi connectivity index (χ3v) is 4.48. The van der Waals surface area contributed by atoms with E-state index in [0.717, 1.165) is 13.0 Å². The fraction of sp³-hybridized carbons (Fsp3) is 1.00. The molecule has 19 heavy (non-hydrogen) atoms. The first kappa shape index (κ1) is 20.4. The van der Waals surface area contributed by atoms with Crippen LogP contribution in [-0.2, 0) is 0 Å². The summed E-state index contributed by atoms with van der Waals surface area (Å²) in [5.74, 6) is 0. The van der Waals surface area contributed by atoms with Crippen molar-refractivity contribution in [2.45, 2.75) is 79.5 Å². The predicted molar refractivity (Wildman–Crippen MR) is 95.4 cm³/mol. The molecule has 0 aliphatic carbocycles. The second kappa shape index (κ2) is 13.1. The zero-order valence-electron chi connectivity index (χ0n) is 11.9. The highest BCUT2D eigenvalue weighted by Gasteiger charge is 2.27. The highest BCUT2D eigenvalue weighted by atomic mass is 80.0. The van der Waals surface area contributed by atoms with Crippen molar-refractivity contribution in [1.82, 2.24) is 5.32 Å². The summed E-state index contributed by atoms with van der Waals surface area (Å²) in [5, 5.41) is 12.7. The smallest absolute Gasteiger partial charge is 0.173 e. The van der Waals surface area contributed by atoms with Crippen molar-refractivity contribution < 1.29 is 5.11 Å². The maximum atomic E-state index is 9.68. The summed E-state index contributed by atoms with van der Waals surface area (Å²) in [6.07, 6.45) is 12.7. The van der Waals surface area contributed by atoms with Crippen LogP contribution in [-0.4, -0.2) is 20.0 Å². The van der Waals surface area contributed by atoms with Gasteiger partial charge < -0.3 is 5.11 Å². The number of hydrogen-bond donors (Lipinski definition) is 2. The van der Waals surface area contributed by atoms with Gasteiger partial charge in [-0.3, -0.25) is 5.32 Å². The Morgan fingerprint density at radius 3 is 1.68 bits per heavy atom. The summed E-state index contributed by atoms with van der Waals surface area (Å²) in [4.78, 5) is 0. The molecule has 0 aliphatic rings. The average Bonchev–Trinajstić information content (AvgIpc) is 2.34. The minimum Gasteiger partial charge on any atom is -0.375 e. The number of hydrogen-bond acceptors (Lipinski definition) is 2. The normalized spacial score (nSPS) is 13.7. The van der Waals surface area contributed by atoms with E-state index in [2.05, 4.69) is 60.0 Å². The molecule has 0 bridgehead atoms. The lowest BCUT2D eigenvalue weighted by atomic mass is 10.1. The van der Waals surface area contributed by atoms with Crippen LogP contribution in [0.25, 0.3) is 0 Å². The van der Waals surface area contributed by atoms with Crippen LogP contribution in [0.2, 0.25) is 0 Å². The van der Waals surface area contributed by atoms with Crippen LogP contribution in [0.15, 0.2) is 0 Å². The molecule has 0 aromatic carbocycles. The van der Waals surface area contributed by atoms with Gasteiger partial charge in [0.15, 0.2) is 2.14 Å². The molecule has 0 aromatic rings. The van der Waals surface area contributed by atoms with Crippen LogP contribution in [0.4, 0.5) is 0 Å². The fourth-order valence-electron chi connectivity index (χ4n) is 1.97. The molecule has 0 saturated heterocycles. The van der Waals surface area contributed by atoms with Crippen molar-refractivity contribution in [1.29, 1.82) is 0 Å². The second-order valence-corrected chi connectivity index (χ2v) is 12.0. The zero-order chi connectivity index (χ0) is 14.6. The molecule has 0 heterocycles. The molecule has 0 amide bonds. The Bertz CT molecular complexity index is 198. The Morgan fingerprint density at radius 1 is 0.842 bits per heavy atom. The summed E-state index contributed by atoms with van der Waals surface area (Å²) in [7, 11) is 0. The monoisotopic (exact) mass is 463 g/mol. The lowest BCUT2D eigenvalue weighted by molar-refractivity contribution is 0.150. The van der Waals surface area contributed by atoms with Gasteiger partial charge in [-0.25, -0.2) is 0 Å². The SMILES string of the molecule is CCCCCCCCCCCCNC(O)C(Br)(Br)Br. The van der Waals surface area contributed by atoms with Crippen molar-refractivity contribution in [3.05, 3.63) is 0 Å². The third kappa shape index (κ3) is 14.1. The number of nitrogens with one attached hydrogen (secondary N) is 1. The first-order valence-corrected chi connectivity index (χ1v) is 9.84. The van der Waals surface area contributed by atoms with Crippen LogP contribution in [0.1, 0.15) is 71.1 Å². The molecular weight excluding hydrogens is 438 g/mol. The Hall–Kier alpha value is 1.36. The first-order valence-electron chi connectivity index (χ1n) is 7.46. The molecule has 2 nitrogen and oxygen atoms in total. The standard InChI is InChI=1S/C14H28Br3NO/c1-2-3-4-5-6-7-8-9-10-11-12-18-13(19)14(15,16)17/h13,18-19H,2-12H2,1H3. The fourth-order valence-corrected chi connectivity index (χ4v) is 2.45. The van der Waals surface area contributed by atoms with Gasteiger partial charge >= 0.3 is 0 Å². The van der Waals surface area contributed by atoms with E-state index in [1.165, 1.54) is 57.8 Å². The zero-order valence-corrected chi connectivity index (χ0v) is 16.7. The number of rotatable bonds is 12. The topological polar surface area (TPSA) is 32.3 Å². The Kier molecular flexibility index (Phi) is 14.0. The van der Waals surface area contributed by atoms with E-state index in [4.69, 9.17) is 0 Å². The molecule has 0 fully saturated rings. The van der Waals surface area contributed by atoms with Gasteiger partial charge in [0.1, 0.15) is 6.23 Å². The van der Waals surface area contributed by atoms with Gasteiger partial charge in [-0.1, -0.05) is 113 Å². The van der Waals surface area contributed by atoms with Crippen molar-refractivity contribution in [3.8, 4) is 0 Å². The van der Waals surface area contributed by atoms with Crippen LogP contribution >= 0.6 is 47.8 Å². The molecule has 0 saturated carbocycles. The molecule has 2 N–H and O–H groups in total. The van der Waals surface area contributed by atoms with Gasteiger partial charge in [0, 0.05) is 0 Å². The van der Waals surface area contributed by atoms with Gasteiger partial charge in [0.2, 0.25) is 0 Å². The summed E-state index contributed by atoms with van der Waals surface area (Å²) in [6, 6.07) is 0. The summed E-state index contributed by atoms with van der Waals surface area (Å²) in [5.41, 5.74) is 0. The molecule has 1 atom stereocenters. The maximum absolute atomic E-state index is 9.68. The second-order valence-electron chi connectivity index (χ2n) is 5.08. The lowest BCUT2D eigenvalue weighted by Gasteiger charge is -2.21. The van der Waals surface area contributed by atoms with Gasteiger partial charge in [-0.05, 0) is 13.0 Å². The van der Waals surface area contributed by atoms with Crippen LogP contribution < -0.4 is 5.32 Å². The van der Waals surface area contributed by atoms with Gasteiger partial charge in [-0.2, -0.15) is 0 Å². The number of halogens is 3. The lowest BCUT2D eigenvalue weighted by Crippen LogP contribution is -2.39. The van der Waals surface area contributed by atoms with Crippen molar-refractivity contribution >= 4 is 47.8 Å². The molecule has 0 rings (SSSR count). The number of aliphatic hydroxyl groups is 1. The van der Waals surface area contributed by atoms with E-state index in [1.54, 1.807) is 0 Å². The predicted octanol–water partition coefficient (Wildman–Crippen LogP) is 5.65. The molecule has 0 aliphatic heterocycles. The maximum Gasteiger partial charge on any atom is 0.173 e. The van der Waals surface area contributed by atoms with E-state index < -0.39 is 8.37 Å². The largest absolute Gasteiger partial charge is 0.375 e. The number of aliphatic hydroxyl groups excluding tert-OH is 1. The Morgan fingerprint density at radius 2 is 1.26 bits per heavy atom. The third-order valence-electron chi connectivity index (χ3n) is 3.18. The summed E-state index contributed by atoms with van der Waals surface area (Å²) in [6.45, 7) is 3.11. The van der Waals surface area contributed by atoms with Gasteiger partial charge in [-0.15, -0.1) is 0 Å². The quantitative estimate of drug-likeness (QED) is 0.221. The van der Waals surface area contributed by atoms with E-state index in [-0.39, 0.29) is 0 Å². The van der Waals surface area contributed by atoms with Gasteiger partial charge in [0.25, 0.3) is 0 Å². The molecular formula is C14H28Br3NO. The van der Waals surface area contributed by atoms with Crippen molar-refractivity contribution in [2.75, 3.05) is 6.54 Å². The van der Waals surface area contributed by atoms with E-state index >= 15 is 0 Å². The molecule has 0 spiro atoms. The van der Waals surface area contributed by atoms with Crippen LogP contribution in [0.3, 0.4) is 0 Å². The average molecular weight is 466 g/mol. The van der Waals surface area contributed by atoms with Gasteiger partial charge in [0.05, 0.1) is 0 Å². The van der Waals surface area contributed by atoms with Crippen LogP contribution in [0.5, 0.6) is 0 Å². The molecule has 0 radical (unpaired) electrons.